The molecule has 0 bridgehead atoms. The number of aliphatic hydroxyl groups excluding tert-OH is 1. The van der Waals surface area contributed by atoms with Gasteiger partial charge >= 0.3 is 0 Å². The summed E-state index contributed by atoms with van der Waals surface area (Å²) in [6, 6.07) is 1.67. The molecular weight excluding hydrogens is 320 g/mol. The number of pyridine rings is 1. The third kappa shape index (κ3) is 4.55. The predicted molar refractivity (Wildman–Crippen MR) is 74.8 cm³/mol. The third-order valence-electron chi connectivity index (χ3n) is 2.53. The Morgan fingerprint density at radius 1 is 1.50 bits per heavy atom. The number of halogens is 2. The van der Waals surface area contributed by atoms with Crippen molar-refractivity contribution in [2.24, 2.45) is 0 Å². The highest BCUT2D eigenvalue weighted by Crippen LogP contribution is 2.19. The summed E-state index contributed by atoms with van der Waals surface area (Å²) in [6.07, 6.45) is 4.09. The first kappa shape index (κ1) is 15.4. The Hall–Kier alpha value is -0.650. The average Bonchev–Trinajstić information content (AvgIpc) is 2.36. The monoisotopic (exact) mass is 334 g/mol. The van der Waals surface area contributed by atoms with E-state index in [0.29, 0.717) is 12.1 Å². The van der Waals surface area contributed by atoms with Crippen molar-refractivity contribution in [1.82, 2.24) is 9.88 Å². The number of hydrogen-bond acceptors (Lipinski definition) is 3. The van der Waals surface area contributed by atoms with Crippen LogP contribution in [0.3, 0.4) is 0 Å². The summed E-state index contributed by atoms with van der Waals surface area (Å²) in [7, 11) is 1.73. The quantitative estimate of drug-likeness (QED) is 0.642. The number of hydrogen-bond donors (Lipinski definition) is 1. The van der Waals surface area contributed by atoms with Gasteiger partial charge in [-0.25, -0.2) is 4.98 Å². The summed E-state index contributed by atoms with van der Waals surface area (Å²) in [5.41, 5.74) is 0.399. The first-order valence-electron chi connectivity index (χ1n) is 5.73. The van der Waals surface area contributed by atoms with Gasteiger partial charge in [-0.2, -0.15) is 0 Å². The van der Waals surface area contributed by atoms with Gasteiger partial charge in [-0.1, -0.05) is 11.6 Å². The SMILES string of the molecule is CN(CCCCCO)C(=O)c1cc(Br)cnc1Cl. The number of nitrogens with zero attached hydrogens (tertiary/aromatic N) is 2. The van der Waals surface area contributed by atoms with Crippen LogP contribution in [0.15, 0.2) is 16.7 Å². The van der Waals surface area contributed by atoms with Crippen LogP contribution >= 0.6 is 27.5 Å². The Morgan fingerprint density at radius 3 is 2.89 bits per heavy atom. The van der Waals surface area contributed by atoms with E-state index in [-0.39, 0.29) is 17.7 Å². The van der Waals surface area contributed by atoms with Crippen molar-refractivity contribution in [3.05, 3.63) is 27.5 Å². The number of carbonyl (C=O) groups excluding carboxylic acids is 1. The zero-order valence-electron chi connectivity index (χ0n) is 10.2. The van der Waals surface area contributed by atoms with Crippen molar-refractivity contribution in [3.63, 3.8) is 0 Å². The summed E-state index contributed by atoms with van der Waals surface area (Å²) < 4.78 is 0.726. The van der Waals surface area contributed by atoms with Gasteiger partial charge in [0.1, 0.15) is 5.15 Å². The number of carbonyl (C=O) groups is 1. The second kappa shape index (κ2) is 7.71. The van der Waals surface area contributed by atoms with Crippen LogP contribution in [0, 0.1) is 0 Å². The summed E-state index contributed by atoms with van der Waals surface area (Å²) in [5, 5.41) is 8.89. The largest absolute Gasteiger partial charge is 0.396 e. The maximum Gasteiger partial charge on any atom is 0.256 e. The van der Waals surface area contributed by atoms with Gasteiger partial charge in [-0.3, -0.25) is 4.79 Å². The highest BCUT2D eigenvalue weighted by Gasteiger charge is 2.16. The Balaban J connectivity index is 2.60. The Kier molecular flexibility index (Phi) is 6.60. The standard InChI is InChI=1S/C12H16BrClN2O2/c1-16(5-3-2-4-6-17)12(18)10-7-9(13)8-15-11(10)14/h7-8,17H,2-6H2,1H3. The molecular formula is C12H16BrClN2O2. The minimum absolute atomic E-state index is 0.141. The van der Waals surface area contributed by atoms with Gasteiger partial charge in [-0.05, 0) is 41.3 Å². The molecule has 100 valence electrons. The molecule has 0 saturated carbocycles. The molecule has 0 saturated heterocycles. The fourth-order valence-electron chi connectivity index (χ4n) is 1.52. The topological polar surface area (TPSA) is 53.4 Å². The highest BCUT2D eigenvalue weighted by molar-refractivity contribution is 9.10. The van der Waals surface area contributed by atoms with Crippen LogP contribution in [0.5, 0.6) is 0 Å². The zero-order chi connectivity index (χ0) is 13.5. The van der Waals surface area contributed by atoms with Gasteiger partial charge in [0.05, 0.1) is 5.56 Å². The molecule has 0 aromatic carbocycles. The molecule has 0 spiro atoms. The summed E-state index contributed by atoms with van der Waals surface area (Å²) in [4.78, 5) is 17.7. The first-order valence-corrected chi connectivity index (χ1v) is 6.90. The highest BCUT2D eigenvalue weighted by atomic mass is 79.9. The van der Waals surface area contributed by atoms with E-state index in [4.69, 9.17) is 16.7 Å². The van der Waals surface area contributed by atoms with Crippen molar-refractivity contribution < 1.29 is 9.90 Å². The smallest absolute Gasteiger partial charge is 0.256 e. The second-order valence-corrected chi connectivity index (χ2v) is 5.28. The van der Waals surface area contributed by atoms with E-state index in [1.165, 1.54) is 0 Å². The molecule has 4 nitrogen and oxygen atoms in total. The second-order valence-electron chi connectivity index (χ2n) is 4.00. The lowest BCUT2D eigenvalue weighted by molar-refractivity contribution is 0.0792. The molecule has 18 heavy (non-hydrogen) atoms. The van der Waals surface area contributed by atoms with E-state index < -0.39 is 0 Å². The lowest BCUT2D eigenvalue weighted by atomic mass is 10.2. The normalized spacial score (nSPS) is 10.4. The van der Waals surface area contributed by atoms with E-state index in [9.17, 15) is 4.79 Å². The minimum Gasteiger partial charge on any atom is -0.396 e. The molecule has 0 aliphatic carbocycles. The molecule has 1 heterocycles. The van der Waals surface area contributed by atoms with Crippen LogP contribution < -0.4 is 0 Å². The number of unbranched alkanes of at least 4 members (excludes halogenated alkanes) is 2. The third-order valence-corrected chi connectivity index (χ3v) is 3.27. The van der Waals surface area contributed by atoms with Crippen LogP contribution in [-0.4, -0.2) is 41.1 Å². The van der Waals surface area contributed by atoms with Gasteiger partial charge in [-0.15, -0.1) is 0 Å². The fraction of sp³-hybridized carbons (Fsp3) is 0.500. The molecule has 1 rings (SSSR count). The molecule has 1 N–H and O–H groups in total. The van der Waals surface area contributed by atoms with E-state index in [1.807, 2.05) is 0 Å². The molecule has 1 aromatic rings. The van der Waals surface area contributed by atoms with Gasteiger partial charge in [0.2, 0.25) is 0 Å². The molecule has 0 atom stereocenters. The molecule has 1 aromatic heterocycles. The van der Waals surface area contributed by atoms with Crippen LogP contribution in [0.1, 0.15) is 29.6 Å². The minimum atomic E-state index is -0.141. The lowest BCUT2D eigenvalue weighted by Crippen LogP contribution is -2.28. The van der Waals surface area contributed by atoms with E-state index >= 15 is 0 Å². The number of aromatic nitrogens is 1. The molecule has 0 aliphatic rings. The fourth-order valence-corrected chi connectivity index (χ4v) is 2.03. The molecule has 0 aliphatic heterocycles. The van der Waals surface area contributed by atoms with Crippen molar-refractivity contribution in [1.29, 1.82) is 0 Å². The summed E-state index contributed by atoms with van der Waals surface area (Å²) in [6.45, 7) is 0.834. The number of amides is 1. The van der Waals surface area contributed by atoms with Crippen LogP contribution in [0.25, 0.3) is 0 Å². The summed E-state index contributed by atoms with van der Waals surface area (Å²) in [5.74, 6) is -0.141. The van der Waals surface area contributed by atoms with Gasteiger partial charge < -0.3 is 10.0 Å². The van der Waals surface area contributed by atoms with Crippen molar-refractivity contribution in [2.45, 2.75) is 19.3 Å². The Labute approximate surface area is 120 Å². The van der Waals surface area contributed by atoms with Gasteiger partial charge in [0.15, 0.2) is 0 Å². The van der Waals surface area contributed by atoms with Crippen LogP contribution in [0.2, 0.25) is 5.15 Å². The first-order chi connectivity index (χ1) is 8.56. The Bertz CT molecular complexity index is 415. The van der Waals surface area contributed by atoms with Crippen LogP contribution in [0.4, 0.5) is 0 Å². The molecule has 0 unspecified atom stereocenters. The van der Waals surface area contributed by atoms with Crippen molar-refractivity contribution >= 4 is 33.4 Å². The zero-order valence-corrected chi connectivity index (χ0v) is 12.5. The molecule has 0 fully saturated rings. The van der Waals surface area contributed by atoms with E-state index in [2.05, 4.69) is 20.9 Å². The van der Waals surface area contributed by atoms with Gasteiger partial charge in [0.25, 0.3) is 5.91 Å². The van der Waals surface area contributed by atoms with E-state index in [0.717, 1.165) is 23.7 Å². The predicted octanol–water partition coefficient (Wildman–Crippen LogP) is 2.73. The molecule has 6 heteroatoms. The number of aliphatic hydroxyl groups is 1. The van der Waals surface area contributed by atoms with Crippen LogP contribution in [-0.2, 0) is 0 Å². The molecule has 0 radical (unpaired) electrons. The summed E-state index contributed by atoms with van der Waals surface area (Å²) >= 11 is 9.17. The molecule has 1 amide bonds. The Morgan fingerprint density at radius 2 is 2.22 bits per heavy atom. The van der Waals surface area contributed by atoms with E-state index in [1.54, 1.807) is 24.2 Å². The van der Waals surface area contributed by atoms with Gasteiger partial charge in [0, 0.05) is 30.9 Å². The van der Waals surface area contributed by atoms with Crippen molar-refractivity contribution in [2.75, 3.05) is 20.2 Å². The van der Waals surface area contributed by atoms with Crippen molar-refractivity contribution in [3.8, 4) is 0 Å². The number of rotatable bonds is 6. The maximum atomic E-state index is 12.1. The average molecular weight is 336 g/mol. The lowest BCUT2D eigenvalue weighted by Gasteiger charge is -2.17. The maximum absolute atomic E-state index is 12.1.